The lowest BCUT2D eigenvalue weighted by Gasteiger charge is -2.20. The van der Waals surface area contributed by atoms with Gasteiger partial charge < -0.3 is 15.3 Å². The fourth-order valence-electron chi connectivity index (χ4n) is 0.874. The van der Waals surface area contributed by atoms with Gasteiger partial charge >= 0.3 is 0 Å². The van der Waals surface area contributed by atoms with E-state index in [4.69, 9.17) is 10.2 Å². The third-order valence-corrected chi connectivity index (χ3v) is 2.07. The maximum atomic E-state index is 9.30. The molecular formula is C9H18O3. The molecular weight excluding hydrogens is 156 g/mol. The van der Waals surface area contributed by atoms with E-state index in [9.17, 15) is 5.11 Å². The number of aliphatic hydroxyl groups excluding tert-OH is 3. The molecule has 0 heterocycles. The van der Waals surface area contributed by atoms with E-state index in [2.05, 4.69) is 6.58 Å². The molecule has 0 unspecified atom stereocenters. The Balaban J connectivity index is 3.82. The number of rotatable bonds is 5. The lowest BCUT2D eigenvalue weighted by Crippen LogP contribution is -2.28. The first-order valence-corrected chi connectivity index (χ1v) is 4.15. The van der Waals surface area contributed by atoms with Crippen molar-refractivity contribution >= 4 is 0 Å². The first-order valence-electron chi connectivity index (χ1n) is 4.15. The maximum absolute atomic E-state index is 9.30. The first-order chi connectivity index (χ1) is 5.49. The zero-order valence-electron chi connectivity index (χ0n) is 7.64. The molecule has 0 rings (SSSR count). The van der Waals surface area contributed by atoms with Gasteiger partial charge in [0.2, 0.25) is 0 Å². The van der Waals surface area contributed by atoms with E-state index in [1.165, 1.54) is 6.08 Å². The van der Waals surface area contributed by atoms with E-state index in [-0.39, 0.29) is 5.92 Å². The lowest BCUT2D eigenvalue weighted by atomic mass is 9.96. The molecule has 0 aliphatic heterocycles. The van der Waals surface area contributed by atoms with Gasteiger partial charge in [-0.3, -0.25) is 0 Å². The van der Waals surface area contributed by atoms with Gasteiger partial charge in [-0.1, -0.05) is 13.0 Å². The lowest BCUT2D eigenvalue weighted by molar-refractivity contribution is 0.0150. The van der Waals surface area contributed by atoms with Crippen molar-refractivity contribution in [2.75, 3.05) is 0 Å². The zero-order chi connectivity index (χ0) is 9.72. The highest BCUT2D eigenvalue weighted by Gasteiger charge is 2.18. The normalized spacial score (nSPS) is 21.1. The predicted molar refractivity (Wildman–Crippen MR) is 47.7 cm³/mol. The van der Waals surface area contributed by atoms with E-state index in [0.29, 0.717) is 6.42 Å². The molecule has 0 aromatic heterocycles. The maximum Gasteiger partial charge on any atom is 0.0977 e. The molecule has 0 saturated carbocycles. The van der Waals surface area contributed by atoms with Crippen LogP contribution in [-0.4, -0.2) is 33.6 Å². The average molecular weight is 174 g/mol. The summed E-state index contributed by atoms with van der Waals surface area (Å²) in [6, 6.07) is 0. The number of aliphatic hydroxyl groups is 3. The largest absolute Gasteiger partial charge is 0.393 e. The Bertz CT molecular complexity index is 134. The summed E-state index contributed by atoms with van der Waals surface area (Å²) < 4.78 is 0. The van der Waals surface area contributed by atoms with Crippen LogP contribution < -0.4 is 0 Å². The van der Waals surface area contributed by atoms with Crippen molar-refractivity contribution in [3.8, 4) is 0 Å². The molecule has 0 aromatic carbocycles. The van der Waals surface area contributed by atoms with Crippen molar-refractivity contribution in [1.29, 1.82) is 0 Å². The molecule has 0 radical (unpaired) electrons. The van der Waals surface area contributed by atoms with Crippen molar-refractivity contribution in [3.63, 3.8) is 0 Å². The summed E-state index contributed by atoms with van der Waals surface area (Å²) in [5, 5.41) is 27.5. The monoisotopic (exact) mass is 174 g/mol. The second-order valence-corrected chi connectivity index (χ2v) is 3.25. The summed E-state index contributed by atoms with van der Waals surface area (Å²) in [6.07, 6.45) is -0.514. The second-order valence-electron chi connectivity index (χ2n) is 3.25. The molecule has 4 atom stereocenters. The van der Waals surface area contributed by atoms with E-state index < -0.39 is 18.3 Å². The van der Waals surface area contributed by atoms with Crippen LogP contribution in [0.5, 0.6) is 0 Å². The van der Waals surface area contributed by atoms with Gasteiger partial charge in [0.15, 0.2) is 0 Å². The molecule has 3 heteroatoms. The quantitative estimate of drug-likeness (QED) is 0.525. The standard InChI is InChI=1S/C9H18O3/c1-4-8(11)9(12)5-6(2)7(3)10/h4,6-12H,1,5H2,2-3H3/t6-,7+,8-,9-/m1/s1. The third-order valence-electron chi connectivity index (χ3n) is 2.07. The Morgan fingerprint density at radius 2 is 1.75 bits per heavy atom. The zero-order valence-corrected chi connectivity index (χ0v) is 7.64. The predicted octanol–water partition coefficient (Wildman–Crippen LogP) is 0.301. The smallest absolute Gasteiger partial charge is 0.0977 e. The van der Waals surface area contributed by atoms with E-state index in [0.717, 1.165) is 0 Å². The molecule has 0 bridgehead atoms. The molecule has 0 saturated heterocycles. The molecule has 0 aliphatic carbocycles. The van der Waals surface area contributed by atoms with Crippen LogP contribution in [0, 0.1) is 5.92 Å². The minimum atomic E-state index is -0.897. The molecule has 0 amide bonds. The fraction of sp³-hybridized carbons (Fsp3) is 0.778. The Labute approximate surface area is 73.4 Å². The van der Waals surface area contributed by atoms with Crippen molar-refractivity contribution in [2.45, 2.75) is 38.6 Å². The van der Waals surface area contributed by atoms with Crippen LogP contribution >= 0.6 is 0 Å². The van der Waals surface area contributed by atoms with Crippen molar-refractivity contribution < 1.29 is 15.3 Å². The summed E-state index contributed by atoms with van der Waals surface area (Å²) in [6.45, 7) is 6.85. The van der Waals surface area contributed by atoms with Crippen LogP contribution in [0.15, 0.2) is 12.7 Å². The second kappa shape index (κ2) is 5.30. The van der Waals surface area contributed by atoms with Crippen LogP contribution in [0.3, 0.4) is 0 Å². The minimum absolute atomic E-state index is 0.0189. The minimum Gasteiger partial charge on any atom is -0.393 e. The first kappa shape index (κ1) is 11.6. The van der Waals surface area contributed by atoms with Gasteiger partial charge in [0.25, 0.3) is 0 Å². The summed E-state index contributed by atoms with van der Waals surface area (Å²) in [5.41, 5.74) is 0. The Morgan fingerprint density at radius 3 is 2.08 bits per heavy atom. The van der Waals surface area contributed by atoms with Crippen molar-refractivity contribution in [1.82, 2.24) is 0 Å². The molecule has 0 spiro atoms. The highest BCUT2D eigenvalue weighted by atomic mass is 16.3. The van der Waals surface area contributed by atoms with E-state index >= 15 is 0 Å². The molecule has 12 heavy (non-hydrogen) atoms. The fourth-order valence-corrected chi connectivity index (χ4v) is 0.874. The third kappa shape index (κ3) is 3.85. The molecule has 0 fully saturated rings. The highest BCUT2D eigenvalue weighted by molar-refractivity contribution is 4.85. The highest BCUT2D eigenvalue weighted by Crippen LogP contribution is 2.13. The van der Waals surface area contributed by atoms with E-state index in [1.807, 2.05) is 6.92 Å². The number of hydrogen-bond acceptors (Lipinski definition) is 3. The van der Waals surface area contributed by atoms with Crippen molar-refractivity contribution in [3.05, 3.63) is 12.7 Å². The SMILES string of the molecule is C=C[C@@H](O)[C@H](O)C[C@@H](C)[C@H](C)O. The van der Waals surface area contributed by atoms with Crippen LogP contribution in [0.25, 0.3) is 0 Å². The van der Waals surface area contributed by atoms with Crippen LogP contribution in [0.4, 0.5) is 0 Å². The van der Waals surface area contributed by atoms with Crippen LogP contribution in [-0.2, 0) is 0 Å². The van der Waals surface area contributed by atoms with Crippen molar-refractivity contribution in [2.24, 2.45) is 5.92 Å². The topological polar surface area (TPSA) is 60.7 Å². The van der Waals surface area contributed by atoms with Crippen LogP contribution in [0.1, 0.15) is 20.3 Å². The molecule has 3 N–H and O–H groups in total. The van der Waals surface area contributed by atoms with Gasteiger partial charge in [-0.2, -0.15) is 0 Å². The summed E-state index contributed by atoms with van der Waals surface area (Å²) in [5.74, 6) is -0.0189. The molecule has 0 aromatic rings. The molecule has 3 nitrogen and oxygen atoms in total. The summed E-state index contributed by atoms with van der Waals surface area (Å²) in [4.78, 5) is 0. The van der Waals surface area contributed by atoms with Gasteiger partial charge in [0, 0.05) is 0 Å². The van der Waals surface area contributed by atoms with Gasteiger partial charge in [-0.05, 0) is 19.3 Å². The summed E-state index contributed by atoms with van der Waals surface area (Å²) in [7, 11) is 0. The van der Waals surface area contributed by atoms with Gasteiger partial charge in [-0.15, -0.1) is 6.58 Å². The summed E-state index contributed by atoms with van der Waals surface area (Å²) >= 11 is 0. The van der Waals surface area contributed by atoms with E-state index in [1.54, 1.807) is 6.92 Å². The van der Waals surface area contributed by atoms with Gasteiger partial charge in [0.1, 0.15) is 0 Å². The van der Waals surface area contributed by atoms with Gasteiger partial charge in [-0.25, -0.2) is 0 Å². The molecule has 0 aliphatic rings. The Kier molecular flexibility index (Phi) is 5.13. The Morgan fingerprint density at radius 1 is 1.25 bits per heavy atom. The van der Waals surface area contributed by atoms with Crippen LogP contribution in [0.2, 0.25) is 0 Å². The number of hydrogen-bond donors (Lipinski definition) is 3. The Hall–Kier alpha value is -0.380. The molecule has 72 valence electrons. The average Bonchev–Trinajstić information content (AvgIpc) is 2.02. The van der Waals surface area contributed by atoms with Gasteiger partial charge in [0.05, 0.1) is 18.3 Å².